The Morgan fingerprint density at radius 2 is 1.24 bits per heavy atom. The van der Waals surface area contributed by atoms with E-state index in [-0.39, 0.29) is 12.0 Å². The van der Waals surface area contributed by atoms with Crippen LogP contribution in [0.15, 0.2) is 25.3 Å². The van der Waals surface area contributed by atoms with Crippen LogP contribution in [0.2, 0.25) is 0 Å². The molecular weight excluding hydrogens is 249 g/mol. The van der Waals surface area contributed by atoms with Crippen molar-refractivity contribution in [1.29, 1.82) is 0 Å². The number of nitrogens with zero attached hydrogens (tertiary/aromatic N) is 6. The molecule has 0 saturated heterocycles. The van der Waals surface area contributed by atoms with E-state index in [4.69, 9.17) is 14.6 Å². The van der Waals surface area contributed by atoms with Crippen LogP contribution in [0.5, 0.6) is 12.0 Å². The molecule has 0 aliphatic carbocycles. The zero-order valence-corrected chi connectivity index (χ0v) is 9.14. The quantitative estimate of drug-likeness (QED) is 0.716. The Hall–Kier alpha value is -2.19. The predicted octanol–water partition coefficient (Wildman–Crippen LogP) is -0.419. The number of hydrogen-bond donors (Lipinski definition) is 1. The zero-order chi connectivity index (χ0) is 12.1. The van der Waals surface area contributed by atoms with Crippen molar-refractivity contribution in [1.82, 2.24) is 29.9 Å². The fraction of sp³-hybridized carbons (Fsp3) is 0. The number of aromatic nitrogens is 6. The first-order chi connectivity index (χ1) is 8.16. The average Bonchev–Trinajstić information content (AvgIpc) is 2.30. The summed E-state index contributed by atoms with van der Waals surface area (Å²) in [4.78, 5) is 21.4. The smallest absolute Gasteiger partial charge is 0.369 e. The van der Waals surface area contributed by atoms with Crippen molar-refractivity contribution in [3.63, 3.8) is 0 Å². The molecule has 17 heavy (non-hydrogen) atoms. The van der Waals surface area contributed by atoms with E-state index >= 15 is 0 Å². The molecule has 2 aromatic heterocycles. The highest BCUT2D eigenvalue weighted by atomic mass is 31.2. The highest BCUT2D eigenvalue weighted by molar-refractivity contribution is 7.52. The highest BCUT2D eigenvalue weighted by Gasteiger charge is 2.24. The largest absolute Gasteiger partial charge is 0.514 e. The summed E-state index contributed by atoms with van der Waals surface area (Å²) in [5, 5.41) is 0. The lowest BCUT2D eigenvalue weighted by Crippen LogP contribution is -2.11. The van der Waals surface area contributed by atoms with Crippen LogP contribution in [0.25, 0.3) is 0 Å². The first-order valence-electron chi connectivity index (χ1n) is 4.17. The van der Waals surface area contributed by atoms with Crippen LogP contribution in [-0.4, -0.2) is 29.9 Å². The second-order valence-corrected chi connectivity index (χ2v) is 4.01. The Morgan fingerprint density at radius 3 is 1.59 bits per heavy atom. The summed E-state index contributed by atoms with van der Waals surface area (Å²) in [5.74, 6) is 0. The third-order valence-electron chi connectivity index (χ3n) is 1.36. The summed E-state index contributed by atoms with van der Waals surface area (Å²) < 4.78 is 21.2. The summed E-state index contributed by atoms with van der Waals surface area (Å²) in [7, 11) is -3.94. The summed E-state index contributed by atoms with van der Waals surface area (Å²) in [6, 6.07) is -0.445. The van der Waals surface area contributed by atoms with Gasteiger partial charge in [-0.25, -0.2) is 20.0 Å². The van der Waals surface area contributed by atoms with Gasteiger partial charge in [-0.2, -0.15) is 19.9 Å². The fourth-order valence-electron chi connectivity index (χ4n) is 0.798. The fourth-order valence-corrected chi connectivity index (χ4v) is 1.48. The molecule has 0 aromatic carbocycles. The molecule has 0 spiro atoms. The molecule has 0 aliphatic rings. The Kier molecular flexibility index (Phi) is 3.17. The minimum atomic E-state index is -3.94. The van der Waals surface area contributed by atoms with Crippen molar-refractivity contribution in [3.05, 3.63) is 25.3 Å². The van der Waals surface area contributed by atoms with Crippen LogP contribution in [0, 0.1) is 0 Å². The maximum absolute atomic E-state index is 11.7. The van der Waals surface area contributed by atoms with Crippen molar-refractivity contribution in [3.8, 4) is 12.0 Å². The first kappa shape index (κ1) is 11.3. The van der Waals surface area contributed by atoms with Gasteiger partial charge >= 0.3 is 19.8 Å². The van der Waals surface area contributed by atoms with Gasteiger partial charge < -0.3 is 9.05 Å². The monoisotopic (exact) mass is 255 g/mol. The predicted molar refractivity (Wildman–Crippen MR) is 52.7 cm³/mol. The van der Waals surface area contributed by atoms with Crippen LogP contribution in [0.3, 0.4) is 0 Å². The van der Waals surface area contributed by atoms with Gasteiger partial charge in [0.2, 0.25) is 0 Å². The third-order valence-corrected chi connectivity index (χ3v) is 2.19. The molecule has 11 heteroatoms. The van der Waals surface area contributed by atoms with Crippen LogP contribution < -0.4 is 14.6 Å². The lowest BCUT2D eigenvalue weighted by atomic mass is 11.0. The molecule has 0 atom stereocenters. The molecular formula is C6H6N7O3P. The van der Waals surface area contributed by atoms with E-state index < -0.39 is 7.75 Å². The minimum Gasteiger partial charge on any atom is -0.369 e. The van der Waals surface area contributed by atoms with Crippen molar-refractivity contribution < 1.29 is 13.6 Å². The van der Waals surface area contributed by atoms with E-state index in [0.29, 0.717) is 0 Å². The van der Waals surface area contributed by atoms with Crippen molar-refractivity contribution in [2.75, 3.05) is 0 Å². The van der Waals surface area contributed by atoms with Gasteiger partial charge in [-0.3, -0.25) is 0 Å². The van der Waals surface area contributed by atoms with Gasteiger partial charge in [0.15, 0.2) is 0 Å². The van der Waals surface area contributed by atoms with E-state index in [9.17, 15) is 4.57 Å². The Balaban J connectivity index is 2.07. The van der Waals surface area contributed by atoms with Gasteiger partial charge in [0.1, 0.15) is 25.3 Å². The van der Waals surface area contributed by atoms with Crippen molar-refractivity contribution in [2.45, 2.75) is 0 Å². The molecule has 0 saturated carbocycles. The Bertz CT molecular complexity index is 478. The van der Waals surface area contributed by atoms with Crippen LogP contribution in [-0.2, 0) is 4.57 Å². The van der Waals surface area contributed by atoms with Gasteiger partial charge in [-0.1, -0.05) is 0 Å². The Labute approximate surface area is 94.9 Å². The maximum Gasteiger partial charge on any atom is 0.514 e. The van der Waals surface area contributed by atoms with Crippen LogP contribution in [0.1, 0.15) is 0 Å². The molecule has 0 bridgehead atoms. The van der Waals surface area contributed by atoms with Crippen LogP contribution in [0.4, 0.5) is 0 Å². The molecule has 0 amide bonds. The lowest BCUT2D eigenvalue weighted by molar-refractivity contribution is 0.361. The second-order valence-electron chi connectivity index (χ2n) is 2.56. The maximum atomic E-state index is 11.7. The van der Waals surface area contributed by atoms with Gasteiger partial charge in [-0.05, 0) is 0 Å². The number of nitrogens with two attached hydrogens (primary N) is 1. The average molecular weight is 255 g/mol. The van der Waals surface area contributed by atoms with E-state index in [1.54, 1.807) is 0 Å². The van der Waals surface area contributed by atoms with E-state index in [2.05, 4.69) is 29.9 Å². The lowest BCUT2D eigenvalue weighted by Gasteiger charge is -2.11. The molecule has 10 nitrogen and oxygen atoms in total. The molecule has 88 valence electrons. The summed E-state index contributed by atoms with van der Waals surface area (Å²) in [5.41, 5.74) is 5.29. The molecule has 2 heterocycles. The minimum absolute atomic E-state index is 0.222. The third kappa shape index (κ3) is 3.40. The van der Waals surface area contributed by atoms with Crippen LogP contribution >= 0.6 is 7.75 Å². The van der Waals surface area contributed by atoms with E-state index in [1.807, 2.05) is 0 Å². The number of rotatable bonds is 4. The molecule has 2 N–H and O–H groups in total. The van der Waals surface area contributed by atoms with Gasteiger partial charge in [-0.15, -0.1) is 0 Å². The highest BCUT2D eigenvalue weighted by Crippen LogP contribution is 2.37. The molecule has 0 unspecified atom stereocenters. The molecule has 2 aromatic rings. The molecule has 0 aliphatic heterocycles. The first-order valence-corrected chi connectivity index (χ1v) is 5.79. The summed E-state index contributed by atoms with van der Waals surface area (Å²) >= 11 is 0. The van der Waals surface area contributed by atoms with E-state index in [1.165, 1.54) is 0 Å². The summed E-state index contributed by atoms with van der Waals surface area (Å²) in [6.45, 7) is 0. The summed E-state index contributed by atoms with van der Waals surface area (Å²) in [6.07, 6.45) is 4.63. The molecule has 0 fully saturated rings. The number of hydrogen-bond acceptors (Lipinski definition) is 9. The van der Waals surface area contributed by atoms with Gasteiger partial charge in [0, 0.05) is 0 Å². The standard InChI is InChI=1S/C6H6N7O3P/c7-17(14,15-5-10-1-8-2-11-5)16-6-12-3-9-4-13-6/h1-4H,(H2,7,14). The topological polar surface area (TPSA) is 139 Å². The second kappa shape index (κ2) is 4.76. The molecule has 0 radical (unpaired) electrons. The van der Waals surface area contributed by atoms with Crippen molar-refractivity contribution >= 4 is 7.75 Å². The van der Waals surface area contributed by atoms with E-state index in [0.717, 1.165) is 25.3 Å². The zero-order valence-electron chi connectivity index (χ0n) is 8.24. The normalized spacial score (nSPS) is 10.9. The SMILES string of the molecule is NP(=O)(Oc1ncncn1)Oc1ncncn1. The molecule has 2 rings (SSSR count). The van der Waals surface area contributed by atoms with Crippen molar-refractivity contribution in [2.24, 2.45) is 5.50 Å². The Morgan fingerprint density at radius 1 is 0.882 bits per heavy atom. The van der Waals surface area contributed by atoms with Gasteiger partial charge in [0.05, 0.1) is 0 Å². The van der Waals surface area contributed by atoms with Gasteiger partial charge in [0.25, 0.3) is 0 Å².